The largest absolute Gasteiger partial charge is 0.508 e. The van der Waals surface area contributed by atoms with E-state index in [2.05, 4.69) is 41.0 Å². The molecule has 0 spiro atoms. The minimum Gasteiger partial charge on any atom is -0.508 e. The number of hydrogen-bond acceptors (Lipinski definition) is 3. The minimum atomic E-state index is 0.230. The van der Waals surface area contributed by atoms with Crippen LogP contribution in [0.5, 0.6) is 5.75 Å². The Morgan fingerprint density at radius 1 is 1.11 bits per heavy atom. The third kappa shape index (κ3) is 2.86. The summed E-state index contributed by atoms with van der Waals surface area (Å²) in [4.78, 5) is 0. The smallest absolute Gasteiger partial charge is 0.200 e. The average Bonchev–Trinajstić information content (AvgIpc) is 3.01. The van der Waals surface area contributed by atoms with E-state index in [1.165, 1.54) is 0 Å². The highest BCUT2D eigenvalue weighted by Gasteiger charge is 2.16. The van der Waals surface area contributed by atoms with Crippen LogP contribution in [0.15, 0.2) is 61.2 Å². The van der Waals surface area contributed by atoms with Crippen LogP contribution in [0.25, 0.3) is 33.4 Å². The Morgan fingerprint density at radius 3 is 2.56 bits per heavy atom. The molecular formula is C22H19N3OS. The second kappa shape index (κ2) is 6.52. The van der Waals surface area contributed by atoms with Gasteiger partial charge in [0.05, 0.1) is 5.69 Å². The van der Waals surface area contributed by atoms with E-state index in [0.717, 1.165) is 38.7 Å². The molecule has 4 rings (SSSR count). The Labute approximate surface area is 162 Å². The van der Waals surface area contributed by atoms with Gasteiger partial charge >= 0.3 is 0 Å². The van der Waals surface area contributed by atoms with Gasteiger partial charge in [0, 0.05) is 10.9 Å². The van der Waals surface area contributed by atoms with Gasteiger partial charge in [0.2, 0.25) is 0 Å². The summed E-state index contributed by atoms with van der Waals surface area (Å²) in [5, 5.41) is 19.3. The lowest BCUT2D eigenvalue weighted by Crippen LogP contribution is -2.01. The predicted molar refractivity (Wildman–Crippen MR) is 113 cm³/mol. The fraction of sp³-hybridized carbons (Fsp3) is 0.0909. The SMILES string of the molecule is C=C(C)c1ccc(-n2c(-c3ccc(O)cc3C)n[nH]c2=S)c2ccccc12. The quantitative estimate of drug-likeness (QED) is 0.446. The zero-order valence-electron chi connectivity index (χ0n) is 15.2. The van der Waals surface area contributed by atoms with Gasteiger partial charge in [-0.3, -0.25) is 9.67 Å². The second-order valence-corrected chi connectivity index (χ2v) is 7.03. The first kappa shape index (κ1) is 17.2. The molecule has 0 fully saturated rings. The van der Waals surface area contributed by atoms with Crippen LogP contribution in [0.4, 0.5) is 0 Å². The lowest BCUT2D eigenvalue weighted by Gasteiger charge is -2.14. The van der Waals surface area contributed by atoms with Gasteiger partial charge < -0.3 is 5.11 Å². The monoisotopic (exact) mass is 373 g/mol. The number of nitrogens with zero attached hydrogens (tertiary/aromatic N) is 2. The maximum atomic E-state index is 9.74. The highest BCUT2D eigenvalue weighted by molar-refractivity contribution is 7.71. The van der Waals surface area contributed by atoms with Crippen molar-refractivity contribution in [1.82, 2.24) is 14.8 Å². The van der Waals surface area contributed by atoms with Crippen molar-refractivity contribution in [3.05, 3.63) is 77.1 Å². The first-order valence-corrected chi connectivity index (χ1v) is 9.03. The van der Waals surface area contributed by atoms with Crippen LogP contribution < -0.4 is 0 Å². The van der Waals surface area contributed by atoms with Gasteiger partial charge in [0.15, 0.2) is 10.6 Å². The molecular weight excluding hydrogens is 354 g/mol. The van der Waals surface area contributed by atoms with Crippen molar-refractivity contribution in [2.45, 2.75) is 13.8 Å². The molecule has 27 heavy (non-hydrogen) atoms. The summed E-state index contributed by atoms with van der Waals surface area (Å²) in [6, 6.07) is 17.6. The molecule has 1 aromatic heterocycles. The van der Waals surface area contributed by atoms with Crippen molar-refractivity contribution >= 4 is 28.6 Å². The van der Waals surface area contributed by atoms with E-state index >= 15 is 0 Å². The van der Waals surface area contributed by atoms with Gasteiger partial charge in [-0.1, -0.05) is 42.5 Å². The van der Waals surface area contributed by atoms with E-state index in [4.69, 9.17) is 12.2 Å². The summed E-state index contributed by atoms with van der Waals surface area (Å²) in [5.74, 6) is 0.943. The lowest BCUT2D eigenvalue weighted by atomic mass is 9.98. The van der Waals surface area contributed by atoms with Gasteiger partial charge in [0.25, 0.3) is 0 Å². The maximum Gasteiger partial charge on any atom is 0.200 e. The van der Waals surface area contributed by atoms with E-state index in [1.807, 2.05) is 36.6 Å². The first-order chi connectivity index (χ1) is 13.0. The third-order valence-corrected chi connectivity index (χ3v) is 5.00. The number of aryl methyl sites for hydroxylation is 1. The molecule has 0 aliphatic heterocycles. The molecule has 4 nitrogen and oxygen atoms in total. The van der Waals surface area contributed by atoms with E-state index in [1.54, 1.807) is 12.1 Å². The van der Waals surface area contributed by atoms with Crippen molar-refractivity contribution in [2.24, 2.45) is 0 Å². The number of allylic oxidation sites excluding steroid dienone is 1. The molecule has 0 aliphatic carbocycles. The number of aromatic amines is 1. The summed E-state index contributed by atoms with van der Waals surface area (Å²) < 4.78 is 2.46. The standard InChI is InChI=1S/C22H19N3OS/c1-13(2)16-10-11-20(19-7-5-4-6-18(16)19)25-21(23-24-22(25)27)17-9-8-15(26)12-14(17)3/h4-12,26H,1H2,2-3H3,(H,24,27). The molecule has 0 amide bonds. The van der Waals surface area contributed by atoms with Gasteiger partial charge in [-0.25, -0.2) is 0 Å². The number of benzene rings is 3. The van der Waals surface area contributed by atoms with Crippen molar-refractivity contribution in [2.75, 3.05) is 0 Å². The Hall–Kier alpha value is -3.18. The number of hydrogen-bond donors (Lipinski definition) is 2. The van der Waals surface area contributed by atoms with Gasteiger partial charge in [-0.15, -0.1) is 0 Å². The molecule has 1 heterocycles. The van der Waals surface area contributed by atoms with Crippen molar-refractivity contribution in [3.63, 3.8) is 0 Å². The maximum absolute atomic E-state index is 9.74. The molecule has 0 bridgehead atoms. The third-order valence-electron chi connectivity index (χ3n) is 4.72. The van der Waals surface area contributed by atoms with Crippen LogP contribution in [0.3, 0.4) is 0 Å². The summed E-state index contributed by atoms with van der Waals surface area (Å²) in [6.07, 6.45) is 0. The Bertz CT molecular complexity index is 1250. The normalized spacial score (nSPS) is 11.0. The molecule has 0 unspecified atom stereocenters. The van der Waals surface area contributed by atoms with E-state index in [9.17, 15) is 5.11 Å². The summed E-state index contributed by atoms with van der Waals surface area (Å²) >= 11 is 5.55. The number of fused-ring (bicyclic) bond motifs is 1. The number of phenols is 1. The molecule has 5 heteroatoms. The summed E-state index contributed by atoms with van der Waals surface area (Å²) in [7, 11) is 0. The highest BCUT2D eigenvalue weighted by atomic mass is 32.1. The van der Waals surface area contributed by atoms with Crippen LogP contribution in [0.2, 0.25) is 0 Å². The van der Waals surface area contributed by atoms with Crippen LogP contribution in [0.1, 0.15) is 18.1 Å². The molecule has 0 radical (unpaired) electrons. The zero-order valence-corrected chi connectivity index (χ0v) is 16.0. The van der Waals surface area contributed by atoms with Gasteiger partial charge in [0.1, 0.15) is 5.75 Å². The second-order valence-electron chi connectivity index (χ2n) is 6.65. The van der Waals surface area contributed by atoms with Crippen molar-refractivity contribution in [3.8, 4) is 22.8 Å². The van der Waals surface area contributed by atoms with E-state index in [-0.39, 0.29) is 5.75 Å². The minimum absolute atomic E-state index is 0.230. The predicted octanol–water partition coefficient (Wildman–Crippen LogP) is 5.80. The first-order valence-electron chi connectivity index (χ1n) is 8.63. The Morgan fingerprint density at radius 2 is 1.85 bits per heavy atom. The Kier molecular flexibility index (Phi) is 4.16. The van der Waals surface area contributed by atoms with Crippen molar-refractivity contribution < 1.29 is 5.11 Å². The number of aromatic hydroxyl groups is 1. The molecule has 0 saturated carbocycles. The molecule has 134 valence electrons. The topological polar surface area (TPSA) is 53.8 Å². The summed E-state index contributed by atoms with van der Waals surface area (Å²) in [5.41, 5.74) is 4.92. The number of phenolic OH excluding ortho intramolecular Hbond substituents is 1. The van der Waals surface area contributed by atoms with Crippen LogP contribution in [-0.2, 0) is 0 Å². The lowest BCUT2D eigenvalue weighted by molar-refractivity contribution is 0.475. The van der Waals surface area contributed by atoms with E-state index in [0.29, 0.717) is 10.6 Å². The molecule has 0 aliphatic rings. The molecule has 0 atom stereocenters. The number of aromatic nitrogens is 3. The number of rotatable bonds is 3. The van der Waals surface area contributed by atoms with E-state index < -0.39 is 0 Å². The Balaban J connectivity index is 2.04. The zero-order chi connectivity index (χ0) is 19.1. The van der Waals surface area contributed by atoms with Gasteiger partial charge in [-0.05, 0) is 66.8 Å². The van der Waals surface area contributed by atoms with Crippen LogP contribution in [-0.4, -0.2) is 19.9 Å². The van der Waals surface area contributed by atoms with Crippen molar-refractivity contribution in [1.29, 1.82) is 0 Å². The van der Waals surface area contributed by atoms with Crippen LogP contribution >= 0.6 is 12.2 Å². The molecule has 0 saturated heterocycles. The van der Waals surface area contributed by atoms with Crippen LogP contribution in [0, 0.1) is 11.7 Å². The fourth-order valence-electron chi connectivity index (χ4n) is 3.45. The molecule has 2 N–H and O–H groups in total. The molecule has 4 aromatic rings. The highest BCUT2D eigenvalue weighted by Crippen LogP contribution is 2.33. The number of H-pyrrole nitrogens is 1. The fourth-order valence-corrected chi connectivity index (χ4v) is 3.68. The average molecular weight is 373 g/mol. The number of nitrogens with one attached hydrogen (secondary N) is 1. The summed E-state index contributed by atoms with van der Waals surface area (Å²) in [6.45, 7) is 8.05. The molecule has 3 aromatic carbocycles. The van der Waals surface area contributed by atoms with Gasteiger partial charge in [-0.2, -0.15) is 5.10 Å².